The molecule has 0 unspecified atom stereocenters. The fourth-order valence-corrected chi connectivity index (χ4v) is 3.00. The number of rotatable bonds is 4. The van der Waals surface area contributed by atoms with Gasteiger partial charge in [0.05, 0.1) is 11.6 Å². The largest absolute Gasteiger partial charge is 0.366 e. The molecule has 2 aromatic carbocycles. The van der Waals surface area contributed by atoms with Crippen molar-refractivity contribution in [2.45, 2.75) is 19.4 Å². The molecule has 1 N–H and O–H groups in total. The predicted molar refractivity (Wildman–Crippen MR) is 90.4 cm³/mol. The van der Waals surface area contributed by atoms with E-state index in [9.17, 15) is 4.79 Å². The average molecular weight is 305 g/mol. The lowest BCUT2D eigenvalue weighted by atomic mass is 10.1. The topological polar surface area (TPSA) is 56.1 Å². The van der Waals surface area contributed by atoms with Gasteiger partial charge in [-0.2, -0.15) is 5.26 Å². The molecule has 1 atom stereocenters. The first kappa shape index (κ1) is 15.1. The molecule has 0 aliphatic carbocycles. The Morgan fingerprint density at radius 2 is 2.13 bits per heavy atom. The summed E-state index contributed by atoms with van der Waals surface area (Å²) in [6.45, 7) is 3.68. The zero-order valence-electron chi connectivity index (χ0n) is 13.1. The third-order valence-corrected chi connectivity index (χ3v) is 4.27. The van der Waals surface area contributed by atoms with Crippen molar-refractivity contribution < 1.29 is 4.79 Å². The lowest BCUT2D eigenvalue weighted by Gasteiger charge is -2.27. The smallest absolute Gasteiger partial charge is 0.251 e. The number of carbonyl (C=O) groups excluding carboxylic acids is 1. The van der Waals surface area contributed by atoms with Crippen molar-refractivity contribution in [3.8, 4) is 6.07 Å². The molecule has 0 aromatic heterocycles. The summed E-state index contributed by atoms with van der Waals surface area (Å²) in [5.74, 6) is -0.138. The molecule has 0 fully saturated rings. The van der Waals surface area contributed by atoms with Crippen LogP contribution in [0.1, 0.15) is 28.4 Å². The number of benzene rings is 2. The SMILES string of the molecule is C[C@@H](CNC(=O)c1cccc(C#N)c1)N1CCc2ccccc21. The molecule has 23 heavy (non-hydrogen) atoms. The van der Waals surface area contributed by atoms with E-state index in [4.69, 9.17) is 5.26 Å². The first-order valence-corrected chi connectivity index (χ1v) is 7.82. The Kier molecular flexibility index (Phi) is 4.29. The summed E-state index contributed by atoms with van der Waals surface area (Å²) >= 11 is 0. The predicted octanol–water partition coefficient (Wildman–Crippen LogP) is 2.74. The second-order valence-electron chi connectivity index (χ2n) is 5.82. The highest BCUT2D eigenvalue weighted by Crippen LogP contribution is 2.28. The molecule has 2 aromatic rings. The Bertz CT molecular complexity index is 763. The van der Waals surface area contributed by atoms with E-state index >= 15 is 0 Å². The normalized spacial score (nSPS) is 14.0. The number of hydrogen-bond donors (Lipinski definition) is 1. The fourth-order valence-electron chi connectivity index (χ4n) is 3.00. The highest BCUT2D eigenvalue weighted by molar-refractivity contribution is 5.94. The maximum Gasteiger partial charge on any atom is 0.251 e. The summed E-state index contributed by atoms with van der Waals surface area (Å²) in [7, 11) is 0. The summed E-state index contributed by atoms with van der Waals surface area (Å²) in [6.07, 6.45) is 1.05. The van der Waals surface area contributed by atoms with Gasteiger partial charge in [-0.05, 0) is 43.2 Å². The van der Waals surface area contributed by atoms with Crippen LogP contribution in [0, 0.1) is 11.3 Å². The lowest BCUT2D eigenvalue weighted by Crippen LogP contribution is -2.41. The van der Waals surface area contributed by atoms with Crippen LogP contribution in [0.15, 0.2) is 48.5 Å². The molecule has 4 heteroatoms. The van der Waals surface area contributed by atoms with Gasteiger partial charge in [0, 0.05) is 30.4 Å². The van der Waals surface area contributed by atoms with Gasteiger partial charge in [0.1, 0.15) is 0 Å². The van der Waals surface area contributed by atoms with E-state index in [1.54, 1.807) is 24.3 Å². The molecule has 0 spiro atoms. The van der Waals surface area contributed by atoms with Gasteiger partial charge in [0.2, 0.25) is 0 Å². The van der Waals surface area contributed by atoms with Crippen LogP contribution in [0.5, 0.6) is 0 Å². The molecule has 1 aliphatic heterocycles. The van der Waals surface area contributed by atoms with Gasteiger partial charge in [-0.25, -0.2) is 0 Å². The maximum atomic E-state index is 12.2. The van der Waals surface area contributed by atoms with E-state index < -0.39 is 0 Å². The highest BCUT2D eigenvalue weighted by Gasteiger charge is 2.23. The van der Waals surface area contributed by atoms with Crippen molar-refractivity contribution in [1.82, 2.24) is 5.32 Å². The Labute approximate surface area is 136 Å². The quantitative estimate of drug-likeness (QED) is 0.945. The number of amides is 1. The third-order valence-electron chi connectivity index (χ3n) is 4.27. The summed E-state index contributed by atoms with van der Waals surface area (Å²) in [4.78, 5) is 14.6. The Hall–Kier alpha value is -2.80. The minimum absolute atomic E-state index is 0.138. The number of fused-ring (bicyclic) bond motifs is 1. The molecule has 1 aliphatic rings. The standard InChI is InChI=1S/C19H19N3O/c1-14(22-10-9-16-6-2-3-8-18(16)22)13-21-19(23)17-7-4-5-15(11-17)12-20/h2-8,11,14H,9-10,13H2,1H3,(H,21,23)/t14-/m0/s1. The van der Waals surface area contributed by atoms with Gasteiger partial charge in [-0.15, -0.1) is 0 Å². The van der Waals surface area contributed by atoms with E-state index in [1.807, 2.05) is 0 Å². The van der Waals surface area contributed by atoms with Crippen molar-refractivity contribution in [2.75, 3.05) is 18.0 Å². The fraction of sp³-hybridized carbons (Fsp3) is 0.263. The average Bonchev–Trinajstić information content (AvgIpc) is 3.03. The third kappa shape index (κ3) is 3.19. The van der Waals surface area contributed by atoms with Crippen molar-refractivity contribution in [3.63, 3.8) is 0 Å². The van der Waals surface area contributed by atoms with Gasteiger partial charge in [-0.1, -0.05) is 24.3 Å². The van der Waals surface area contributed by atoms with Gasteiger partial charge in [-0.3, -0.25) is 4.79 Å². The number of nitrogens with one attached hydrogen (secondary N) is 1. The Morgan fingerprint density at radius 1 is 1.30 bits per heavy atom. The van der Waals surface area contributed by atoms with Crippen molar-refractivity contribution in [1.29, 1.82) is 5.26 Å². The zero-order chi connectivity index (χ0) is 16.2. The number of carbonyl (C=O) groups is 1. The lowest BCUT2D eigenvalue weighted by molar-refractivity contribution is 0.0951. The van der Waals surface area contributed by atoms with Crippen LogP contribution in [0.25, 0.3) is 0 Å². The summed E-state index contributed by atoms with van der Waals surface area (Å²) in [6, 6.07) is 17.5. The first-order chi connectivity index (χ1) is 11.2. The molecule has 0 radical (unpaired) electrons. The molecule has 1 amide bonds. The van der Waals surface area contributed by atoms with E-state index in [0.717, 1.165) is 13.0 Å². The van der Waals surface area contributed by atoms with Gasteiger partial charge in [0.15, 0.2) is 0 Å². The molecular weight excluding hydrogens is 286 g/mol. The van der Waals surface area contributed by atoms with Crippen molar-refractivity contribution in [2.24, 2.45) is 0 Å². The second kappa shape index (κ2) is 6.53. The number of nitrogens with zero attached hydrogens (tertiary/aromatic N) is 2. The van der Waals surface area contributed by atoms with Crippen LogP contribution in [0.2, 0.25) is 0 Å². The Morgan fingerprint density at radius 3 is 2.96 bits per heavy atom. The molecule has 1 heterocycles. The van der Waals surface area contributed by atoms with Crippen molar-refractivity contribution >= 4 is 11.6 Å². The second-order valence-corrected chi connectivity index (χ2v) is 5.82. The van der Waals surface area contributed by atoms with E-state index in [2.05, 4.69) is 47.5 Å². The molecule has 0 saturated heterocycles. The minimum atomic E-state index is -0.138. The van der Waals surface area contributed by atoms with E-state index in [1.165, 1.54) is 11.3 Å². The van der Waals surface area contributed by atoms with E-state index in [-0.39, 0.29) is 11.9 Å². The number of anilines is 1. The van der Waals surface area contributed by atoms with Gasteiger partial charge < -0.3 is 10.2 Å². The highest BCUT2D eigenvalue weighted by atomic mass is 16.1. The summed E-state index contributed by atoms with van der Waals surface area (Å²) in [5.41, 5.74) is 3.66. The van der Waals surface area contributed by atoms with E-state index in [0.29, 0.717) is 17.7 Å². The summed E-state index contributed by atoms with van der Waals surface area (Å²) in [5, 5.41) is 11.9. The molecule has 0 saturated carbocycles. The molecular formula is C19H19N3O. The summed E-state index contributed by atoms with van der Waals surface area (Å²) < 4.78 is 0. The molecule has 4 nitrogen and oxygen atoms in total. The van der Waals surface area contributed by atoms with Crippen LogP contribution in [0.4, 0.5) is 5.69 Å². The van der Waals surface area contributed by atoms with Crippen LogP contribution in [0.3, 0.4) is 0 Å². The maximum absolute atomic E-state index is 12.2. The van der Waals surface area contributed by atoms with Gasteiger partial charge in [0.25, 0.3) is 5.91 Å². The molecule has 0 bridgehead atoms. The van der Waals surface area contributed by atoms with Crippen LogP contribution < -0.4 is 10.2 Å². The monoisotopic (exact) mass is 305 g/mol. The van der Waals surface area contributed by atoms with Gasteiger partial charge >= 0.3 is 0 Å². The van der Waals surface area contributed by atoms with Crippen molar-refractivity contribution in [3.05, 3.63) is 65.2 Å². The zero-order valence-corrected chi connectivity index (χ0v) is 13.1. The molecule has 3 rings (SSSR count). The minimum Gasteiger partial charge on any atom is -0.366 e. The van der Waals surface area contributed by atoms with Crippen LogP contribution in [-0.2, 0) is 6.42 Å². The first-order valence-electron chi connectivity index (χ1n) is 7.82. The Balaban J connectivity index is 1.62. The van der Waals surface area contributed by atoms with Crippen LogP contribution in [-0.4, -0.2) is 25.0 Å². The number of para-hydroxylation sites is 1. The molecule has 116 valence electrons. The number of hydrogen-bond acceptors (Lipinski definition) is 3. The van der Waals surface area contributed by atoms with Crippen LogP contribution >= 0.6 is 0 Å². The number of nitriles is 1.